The van der Waals surface area contributed by atoms with E-state index in [1.165, 1.54) is 0 Å². The summed E-state index contributed by atoms with van der Waals surface area (Å²) < 4.78 is 7.49. The third-order valence-corrected chi connectivity index (χ3v) is 4.44. The number of aliphatic hydroxyl groups excluding tert-OH is 1. The number of hydrogen-bond acceptors (Lipinski definition) is 5. The number of halogens is 1. The summed E-state index contributed by atoms with van der Waals surface area (Å²) >= 11 is 0. The lowest BCUT2D eigenvalue weighted by molar-refractivity contribution is 0.180. The predicted octanol–water partition coefficient (Wildman–Crippen LogP) is 3.46. The number of ether oxygens (including phenoxy) is 1. The predicted molar refractivity (Wildman–Crippen MR) is 137 cm³/mol. The minimum atomic E-state index is -0.659. The van der Waals surface area contributed by atoms with Crippen LogP contribution < -0.4 is 15.4 Å². The molecule has 0 aliphatic heterocycles. The molecule has 0 radical (unpaired) electrons. The number of imidazole rings is 1. The van der Waals surface area contributed by atoms with Gasteiger partial charge in [-0.15, -0.1) is 24.0 Å². The van der Waals surface area contributed by atoms with E-state index in [1.54, 1.807) is 18.7 Å². The first kappa shape index (κ1) is 25.6. The second kappa shape index (κ2) is 13.0. The van der Waals surface area contributed by atoms with Crippen LogP contribution in [0.1, 0.15) is 38.0 Å². The Kier molecular flexibility index (Phi) is 10.4. The Morgan fingerprint density at radius 2 is 1.94 bits per heavy atom. The molecule has 1 unspecified atom stereocenters. The first-order valence-electron chi connectivity index (χ1n) is 10.4. The maximum absolute atomic E-state index is 10.5. The van der Waals surface area contributed by atoms with Crippen molar-refractivity contribution < 1.29 is 9.84 Å². The van der Waals surface area contributed by atoms with Gasteiger partial charge < -0.3 is 20.5 Å². The normalized spacial score (nSPS) is 12.2. The first-order chi connectivity index (χ1) is 15.0. The monoisotopic (exact) mass is 550 g/mol. The summed E-state index contributed by atoms with van der Waals surface area (Å²) in [4.78, 5) is 13.1. The van der Waals surface area contributed by atoms with Crippen molar-refractivity contribution in [1.82, 2.24) is 25.2 Å². The summed E-state index contributed by atoms with van der Waals surface area (Å²) in [5.41, 5.74) is 1.81. The van der Waals surface area contributed by atoms with Gasteiger partial charge in [-0.05, 0) is 50.1 Å². The maximum atomic E-state index is 10.5. The van der Waals surface area contributed by atoms with Crippen molar-refractivity contribution in [2.45, 2.75) is 39.5 Å². The molecule has 3 aromatic rings. The Morgan fingerprint density at radius 1 is 1.16 bits per heavy atom. The van der Waals surface area contributed by atoms with E-state index in [-0.39, 0.29) is 30.1 Å². The van der Waals surface area contributed by atoms with Crippen LogP contribution in [-0.4, -0.2) is 44.8 Å². The topological polar surface area (TPSA) is 96.6 Å². The number of aliphatic hydroxyl groups is 1. The minimum absolute atomic E-state index is 0. The van der Waals surface area contributed by atoms with Crippen LogP contribution >= 0.6 is 24.0 Å². The zero-order chi connectivity index (χ0) is 22.1. The molecule has 0 aliphatic carbocycles. The van der Waals surface area contributed by atoms with Gasteiger partial charge in [-0.25, -0.2) is 15.0 Å². The van der Waals surface area contributed by atoms with E-state index in [0.29, 0.717) is 19.0 Å². The van der Waals surface area contributed by atoms with Crippen LogP contribution in [-0.2, 0) is 6.54 Å². The van der Waals surface area contributed by atoms with Crippen molar-refractivity contribution in [2.75, 3.05) is 13.1 Å². The number of aliphatic imine (C=N–C) groups is 1. The number of pyridine rings is 1. The van der Waals surface area contributed by atoms with Crippen molar-refractivity contribution in [1.29, 1.82) is 0 Å². The molecule has 2 aromatic heterocycles. The van der Waals surface area contributed by atoms with E-state index in [9.17, 15) is 5.11 Å². The summed E-state index contributed by atoms with van der Waals surface area (Å²) in [6.07, 6.45) is 6.54. The molecule has 0 aliphatic rings. The van der Waals surface area contributed by atoms with E-state index < -0.39 is 6.10 Å². The van der Waals surface area contributed by atoms with Gasteiger partial charge in [0.1, 0.15) is 17.9 Å². The fourth-order valence-electron chi connectivity index (χ4n) is 2.92. The van der Waals surface area contributed by atoms with Crippen molar-refractivity contribution in [2.24, 2.45) is 4.99 Å². The number of nitrogens with one attached hydrogen (secondary N) is 2. The second-order valence-corrected chi connectivity index (χ2v) is 7.32. The van der Waals surface area contributed by atoms with Crippen LogP contribution in [0.25, 0.3) is 5.82 Å². The summed E-state index contributed by atoms with van der Waals surface area (Å²) in [6, 6.07) is 11.4. The summed E-state index contributed by atoms with van der Waals surface area (Å²) in [6.45, 7) is 7.51. The molecule has 172 valence electrons. The lowest BCUT2D eigenvalue weighted by Gasteiger charge is -2.16. The van der Waals surface area contributed by atoms with Gasteiger partial charge in [0.25, 0.3) is 0 Å². The fraction of sp³-hybridized carbons (Fsp3) is 0.348. The molecule has 0 saturated carbocycles. The molecule has 9 heteroatoms. The van der Waals surface area contributed by atoms with Crippen molar-refractivity contribution in [3.05, 3.63) is 72.4 Å². The highest BCUT2D eigenvalue weighted by molar-refractivity contribution is 14.0. The molecule has 32 heavy (non-hydrogen) atoms. The van der Waals surface area contributed by atoms with Crippen LogP contribution in [0.3, 0.4) is 0 Å². The van der Waals surface area contributed by atoms with Crippen molar-refractivity contribution in [3.8, 4) is 11.6 Å². The number of hydrogen-bond donors (Lipinski definition) is 3. The third-order valence-electron chi connectivity index (χ3n) is 4.44. The maximum Gasteiger partial charge on any atom is 0.191 e. The standard InChI is InChI=1S/C23H30N6O2.HI/c1-4-25-23(27-14-18-5-10-22(26-13-18)29-12-11-24-16-29)28-15-21(30)19-6-8-20(9-7-19)31-17(2)3;/h5-13,16-17,21,30H,4,14-15H2,1-3H3,(H2,25,27,28);1H. The lowest BCUT2D eigenvalue weighted by Crippen LogP contribution is -2.39. The van der Waals surface area contributed by atoms with E-state index in [1.807, 2.05) is 67.9 Å². The Morgan fingerprint density at radius 3 is 2.53 bits per heavy atom. The minimum Gasteiger partial charge on any atom is -0.491 e. The molecule has 0 fully saturated rings. The number of aromatic nitrogens is 3. The van der Waals surface area contributed by atoms with Crippen molar-refractivity contribution in [3.63, 3.8) is 0 Å². The van der Waals surface area contributed by atoms with E-state index in [2.05, 4.69) is 25.6 Å². The van der Waals surface area contributed by atoms with Crippen LogP contribution in [0.15, 0.2) is 66.3 Å². The molecule has 1 aromatic carbocycles. The largest absolute Gasteiger partial charge is 0.491 e. The van der Waals surface area contributed by atoms with Crippen LogP contribution in [0, 0.1) is 0 Å². The molecule has 0 bridgehead atoms. The molecular weight excluding hydrogens is 519 g/mol. The Labute approximate surface area is 206 Å². The van der Waals surface area contributed by atoms with E-state index in [4.69, 9.17) is 4.74 Å². The smallest absolute Gasteiger partial charge is 0.191 e. The SMILES string of the molecule is CCNC(=NCc1ccc(-n2ccnc2)nc1)NCC(O)c1ccc(OC(C)C)cc1.I. The van der Waals surface area contributed by atoms with Crippen LogP contribution in [0.2, 0.25) is 0 Å². The average Bonchev–Trinajstić information content (AvgIpc) is 3.31. The van der Waals surface area contributed by atoms with Gasteiger partial charge in [0.2, 0.25) is 0 Å². The fourth-order valence-corrected chi connectivity index (χ4v) is 2.92. The number of nitrogens with zero attached hydrogens (tertiary/aromatic N) is 4. The second-order valence-electron chi connectivity index (χ2n) is 7.32. The zero-order valence-electron chi connectivity index (χ0n) is 18.6. The number of guanidine groups is 1. The van der Waals surface area contributed by atoms with Crippen LogP contribution in [0.4, 0.5) is 0 Å². The molecule has 2 heterocycles. The van der Waals surface area contributed by atoms with E-state index >= 15 is 0 Å². The summed E-state index contributed by atoms with van der Waals surface area (Å²) in [7, 11) is 0. The molecule has 3 N–H and O–H groups in total. The van der Waals surface area contributed by atoms with Gasteiger partial charge in [0.15, 0.2) is 5.96 Å². The lowest BCUT2D eigenvalue weighted by atomic mass is 10.1. The molecule has 1 atom stereocenters. The quantitative estimate of drug-likeness (QED) is 0.215. The Balaban J connectivity index is 0.00000363. The highest BCUT2D eigenvalue weighted by atomic mass is 127. The molecule has 0 amide bonds. The first-order valence-corrected chi connectivity index (χ1v) is 10.4. The van der Waals surface area contributed by atoms with E-state index in [0.717, 1.165) is 29.2 Å². The molecule has 0 saturated heterocycles. The number of rotatable bonds is 9. The number of benzene rings is 1. The van der Waals surface area contributed by atoms with Gasteiger partial charge in [0, 0.05) is 31.7 Å². The van der Waals surface area contributed by atoms with Crippen molar-refractivity contribution >= 4 is 29.9 Å². The summed E-state index contributed by atoms with van der Waals surface area (Å²) in [5, 5.41) is 16.9. The average molecular weight is 550 g/mol. The highest BCUT2D eigenvalue weighted by Gasteiger charge is 2.09. The van der Waals surface area contributed by atoms with Gasteiger partial charge >= 0.3 is 0 Å². The van der Waals surface area contributed by atoms with Gasteiger partial charge in [-0.2, -0.15) is 0 Å². The molecule has 0 spiro atoms. The Bertz CT molecular complexity index is 944. The van der Waals surface area contributed by atoms with Crippen LogP contribution in [0.5, 0.6) is 5.75 Å². The molecule has 8 nitrogen and oxygen atoms in total. The zero-order valence-corrected chi connectivity index (χ0v) is 20.9. The molecule has 3 rings (SSSR count). The Hall–Kier alpha value is -2.66. The molecular formula is C23H31IN6O2. The van der Waals surface area contributed by atoms with Gasteiger partial charge in [-0.3, -0.25) is 4.57 Å². The van der Waals surface area contributed by atoms with Gasteiger partial charge in [-0.1, -0.05) is 18.2 Å². The summed E-state index contributed by atoms with van der Waals surface area (Å²) in [5.74, 6) is 2.24. The van der Waals surface area contributed by atoms with Gasteiger partial charge in [0.05, 0.1) is 18.8 Å². The highest BCUT2D eigenvalue weighted by Crippen LogP contribution is 2.18. The third kappa shape index (κ3) is 7.79.